The summed E-state index contributed by atoms with van der Waals surface area (Å²) in [5, 5.41) is 2.78. The molecule has 156 valence electrons. The molecule has 0 saturated heterocycles. The summed E-state index contributed by atoms with van der Waals surface area (Å²) < 4.78 is 6.66. The van der Waals surface area contributed by atoms with Gasteiger partial charge in [-0.25, -0.2) is 0 Å². The molecule has 0 aliphatic carbocycles. The third-order valence-corrected chi connectivity index (χ3v) is 5.22. The Balaban J connectivity index is 2.10. The van der Waals surface area contributed by atoms with E-state index in [1.165, 1.54) is 5.56 Å². The molecule has 1 atom stereocenters. The molecule has 0 radical (unpaired) electrons. The van der Waals surface area contributed by atoms with E-state index in [0.717, 1.165) is 10.0 Å². The van der Waals surface area contributed by atoms with Gasteiger partial charge in [-0.05, 0) is 55.2 Å². The summed E-state index contributed by atoms with van der Waals surface area (Å²) in [4.78, 5) is 26.8. The van der Waals surface area contributed by atoms with Crippen LogP contribution in [0.25, 0.3) is 0 Å². The van der Waals surface area contributed by atoms with Crippen LogP contribution in [0.4, 0.5) is 0 Å². The minimum absolute atomic E-state index is 0.124. The molecule has 2 aromatic carbocycles. The maximum absolute atomic E-state index is 12.9. The van der Waals surface area contributed by atoms with Crippen molar-refractivity contribution in [2.45, 2.75) is 46.2 Å². The van der Waals surface area contributed by atoms with Crippen LogP contribution in [0.5, 0.6) is 5.75 Å². The fourth-order valence-electron chi connectivity index (χ4n) is 2.87. The van der Waals surface area contributed by atoms with E-state index in [1.807, 2.05) is 55.5 Å². The predicted molar refractivity (Wildman–Crippen MR) is 119 cm³/mol. The number of amides is 2. The number of hydrogen-bond donors (Lipinski definition) is 1. The van der Waals surface area contributed by atoms with Gasteiger partial charge in [-0.2, -0.15) is 0 Å². The Morgan fingerprint density at radius 2 is 1.66 bits per heavy atom. The lowest BCUT2D eigenvalue weighted by Crippen LogP contribution is -2.49. The molecule has 2 rings (SSSR count). The fourth-order valence-corrected chi connectivity index (χ4v) is 3.13. The minimum atomic E-state index is -0.599. The van der Waals surface area contributed by atoms with E-state index < -0.39 is 6.04 Å². The molecule has 2 aromatic rings. The van der Waals surface area contributed by atoms with Gasteiger partial charge in [0, 0.05) is 17.6 Å². The summed E-state index contributed by atoms with van der Waals surface area (Å²) in [7, 11) is 0. The minimum Gasteiger partial charge on any atom is -0.484 e. The summed E-state index contributed by atoms with van der Waals surface area (Å²) >= 11 is 3.41. The second-order valence-corrected chi connectivity index (χ2v) is 8.15. The molecule has 0 bridgehead atoms. The second-order valence-electron chi connectivity index (χ2n) is 7.23. The van der Waals surface area contributed by atoms with Crippen LogP contribution in [0.1, 0.15) is 44.7 Å². The highest BCUT2D eigenvalue weighted by Gasteiger charge is 2.26. The highest BCUT2D eigenvalue weighted by atomic mass is 79.9. The molecule has 6 heteroatoms. The molecule has 0 aliphatic heterocycles. The predicted octanol–water partition coefficient (Wildman–Crippen LogP) is 4.50. The van der Waals surface area contributed by atoms with Crippen molar-refractivity contribution in [2.24, 2.45) is 0 Å². The number of hydrogen-bond acceptors (Lipinski definition) is 3. The summed E-state index contributed by atoms with van der Waals surface area (Å²) in [6.45, 7) is 8.57. The lowest BCUT2D eigenvalue weighted by Gasteiger charge is -2.28. The number of likely N-dealkylation sites (N-methyl/N-ethyl adjacent to an activating group) is 1. The maximum atomic E-state index is 12.9. The summed E-state index contributed by atoms with van der Waals surface area (Å²) in [5.41, 5.74) is 2.16. The van der Waals surface area contributed by atoms with Gasteiger partial charge in [-0.1, -0.05) is 54.0 Å². The number of carbonyl (C=O) groups is 2. The average molecular weight is 461 g/mol. The number of nitrogens with zero attached hydrogens (tertiary/aromatic N) is 1. The zero-order chi connectivity index (χ0) is 21.4. The second kappa shape index (κ2) is 11.0. The van der Waals surface area contributed by atoms with E-state index >= 15 is 0 Å². The monoisotopic (exact) mass is 460 g/mol. The van der Waals surface area contributed by atoms with Crippen molar-refractivity contribution in [3.05, 3.63) is 64.1 Å². The molecular formula is C23H29BrN2O3. The van der Waals surface area contributed by atoms with E-state index in [2.05, 4.69) is 35.1 Å². The molecule has 0 spiro atoms. The van der Waals surface area contributed by atoms with Crippen LogP contribution >= 0.6 is 15.9 Å². The van der Waals surface area contributed by atoms with Crippen molar-refractivity contribution in [3.63, 3.8) is 0 Å². The summed E-state index contributed by atoms with van der Waals surface area (Å²) in [5.74, 6) is 0.654. The SMILES string of the molecule is CCNC(=O)C(C)N(Cc1ccc(Br)cc1)C(=O)COc1ccc(C(C)C)cc1. The van der Waals surface area contributed by atoms with E-state index in [9.17, 15) is 9.59 Å². The molecule has 0 saturated carbocycles. The molecular weight excluding hydrogens is 432 g/mol. The molecule has 2 amide bonds. The normalized spacial score (nSPS) is 11.8. The maximum Gasteiger partial charge on any atom is 0.261 e. The molecule has 5 nitrogen and oxygen atoms in total. The van der Waals surface area contributed by atoms with Crippen LogP contribution in [-0.4, -0.2) is 35.9 Å². The largest absolute Gasteiger partial charge is 0.484 e. The Hall–Kier alpha value is -2.34. The Kier molecular flexibility index (Phi) is 8.70. The van der Waals surface area contributed by atoms with Gasteiger partial charge in [0.25, 0.3) is 5.91 Å². The average Bonchev–Trinajstić information content (AvgIpc) is 2.71. The first-order valence-electron chi connectivity index (χ1n) is 9.86. The first-order chi connectivity index (χ1) is 13.8. The van der Waals surface area contributed by atoms with Crippen molar-refractivity contribution in [1.29, 1.82) is 0 Å². The highest BCUT2D eigenvalue weighted by Crippen LogP contribution is 2.19. The molecule has 0 fully saturated rings. The first kappa shape index (κ1) is 22.9. The van der Waals surface area contributed by atoms with Gasteiger partial charge in [0.2, 0.25) is 5.91 Å². The van der Waals surface area contributed by atoms with Crippen molar-refractivity contribution in [2.75, 3.05) is 13.2 Å². The quantitative estimate of drug-likeness (QED) is 0.598. The van der Waals surface area contributed by atoms with Gasteiger partial charge in [-0.15, -0.1) is 0 Å². The van der Waals surface area contributed by atoms with Crippen molar-refractivity contribution in [3.8, 4) is 5.75 Å². The molecule has 0 aliphatic rings. The Morgan fingerprint density at radius 1 is 1.03 bits per heavy atom. The number of carbonyl (C=O) groups excluding carboxylic acids is 2. The zero-order valence-electron chi connectivity index (χ0n) is 17.4. The van der Waals surface area contributed by atoms with Crippen molar-refractivity contribution >= 4 is 27.7 Å². The van der Waals surface area contributed by atoms with Gasteiger partial charge in [0.1, 0.15) is 11.8 Å². The Labute approximate surface area is 181 Å². The lowest BCUT2D eigenvalue weighted by atomic mass is 10.0. The van der Waals surface area contributed by atoms with Crippen LogP contribution in [0.2, 0.25) is 0 Å². The van der Waals surface area contributed by atoms with Crippen LogP contribution in [0.3, 0.4) is 0 Å². The molecule has 0 heterocycles. The van der Waals surface area contributed by atoms with Crippen LogP contribution in [0.15, 0.2) is 53.0 Å². The van der Waals surface area contributed by atoms with E-state index in [-0.39, 0.29) is 18.4 Å². The summed E-state index contributed by atoms with van der Waals surface area (Å²) in [6.07, 6.45) is 0. The van der Waals surface area contributed by atoms with Gasteiger partial charge in [0.05, 0.1) is 0 Å². The molecule has 1 unspecified atom stereocenters. The Morgan fingerprint density at radius 3 is 2.21 bits per heavy atom. The van der Waals surface area contributed by atoms with Gasteiger partial charge in [-0.3, -0.25) is 9.59 Å². The van der Waals surface area contributed by atoms with Gasteiger partial charge in [0.15, 0.2) is 6.61 Å². The number of ether oxygens (including phenoxy) is 1. The van der Waals surface area contributed by atoms with Crippen molar-refractivity contribution < 1.29 is 14.3 Å². The van der Waals surface area contributed by atoms with Crippen LogP contribution in [-0.2, 0) is 16.1 Å². The molecule has 0 aromatic heterocycles. The summed E-state index contributed by atoms with van der Waals surface area (Å²) in [6, 6.07) is 14.8. The molecule has 1 N–H and O–H groups in total. The number of rotatable bonds is 9. The zero-order valence-corrected chi connectivity index (χ0v) is 19.0. The number of nitrogens with one attached hydrogen (secondary N) is 1. The fraction of sp³-hybridized carbons (Fsp3) is 0.391. The lowest BCUT2D eigenvalue weighted by molar-refractivity contribution is -0.142. The third kappa shape index (κ3) is 6.89. The van der Waals surface area contributed by atoms with Crippen LogP contribution < -0.4 is 10.1 Å². The van der Waals surface area contributed by atoms with Gasteiger partial charge < -0.3 is 15.0 Å². The number of halogens is 1. The van der Waals surface area contributed by atoms with E-state index in [1.54, 1.807) is 11.8 Å². The third-order valence-electron chi connectivity index (χ3n) is 4.69. The highest BCUT2D eigenvalue weighted by molar-refractivity contribution is 9.10. The molecule has 29 heavy (non-hydrogen) atoms. The topological polar surface area (TPSA) is 58.6 Å². The van der Waals surface area contributed by atoms with E-state index in [4.69, 9.17) is 4.74 Å². The van der Waals surface area contributed by atoms with Crippen molar-refractivity contribution in [1.82, 2.24) is 10.2 Å². The standard InChI is InChI=1S/C23H29BrN2O3/c1-5-25-23(28)17(4)26(14-18-6-10-20(24)11-7-18)22(27)15-29-21-12-8-19(9-13-21)16(2)3/h6-13,16-17H,5,14-15H2,1-4H3,(H,25,28). The first-order valence-corrected chi connectivity index (χ1v) is 10.7. The van der Waals surface area contributed by atoms with E-state index in [0.29, 0.717) is 24.8 Å². The van der Waals surface area contributed by atoms with Gasteiger partial charge >= 0.3 is 0 Å². The van der Waals surface area contributed by atoms with Crippen LogP contribution in [0, 0.1) is 0 Å². The smallest absolute Gasteiger partial charge is 0.261 e. The number of benzene rings is 2. The Bertz CT molecular complexity index is 804.